The maximum atomic E-state index is 11.5. The lowest BCUT2D eigenvalue weighted by atomic mass is 10.2. The maximum absolute atomic E-state index is 11.5. The maximum Gasteiger partial charge on any atom is 0.270 e. The standard InChI is InChI=1S/C14H17N3O5/c18-14(15-9-13-5-2-6-21-13)10-22-16-8-11-3-1-4-12(7-11)17(19)20/h1,3-4,7-8,13H,2,5-6,9-10H2,(H,15,18)/b16-8-/t13-/m0/s1. The van der Waals surface area contributed by atoms with Crippen LogP contribution in [0.2, 0.25) is 0 Å². The zero-order valence-electron chi connectivity index (χ0n) is 11.9. The fraction of sp³-hybridized carbons (Fsp3) is 0.429. The number of rotatable bonds is 7. The summed E-state index contributed by atoms with van der Waals surface area (Å²) in [7, 11) is 0. The van der Waals surface area contributed by atoms with Gasteiger partial charge >= 0.3 is 0 Å². The zero-order chi connectivity index (χ0) is 15.8. The molecule has 1 N–H and O–H groups in total. The van der Waals surface area contributed by atoms with Crippen molar-refractivity contribution >= 4 is 17.8 Å². The van der Waals surface area contributed by atoms with E-state index in [2.05, 4.69) is 10.5 Å². The summed E-state index contributed by atoms with van der Waals surface area (Å²) in [6.45, 7) is 0.999. The van der Waals surface area contributed by atoms with Crippen molar-refractivity contribution < 1.29 is 19.3 Å². The van der Waals surface area contributed by atoms with E-state index in [0.29, 0.717) is 12.1 Å². The Morgan fingerprint density at radius 1 is 1.59 bits per heavy atom. The highest BCUT2D eigenvalue weighted by Gasteiger charge is 2.16. The van der Waals surface area contributed by atoms with Crippen LogP contribution in [0, 0.1) is 10.1 Å². The third-order valence-corrected chi connectivity index (χ3v) is 3.10. The molecule has 8 heteroatoms. The molecule has 1 atom stereocenters. The van der Waals surface area contributed by atoms with Crippen LogP contribution < -0.4 is 5.32 Å². The molecule has 1 aromatic rings. The molecule has 1 amide bonds. The molecule has 0 unspecified atom stereocenters. The number of ether oxygens (including phenoxy) is 1. The minimum atomic E-state index is -0.489. The predicted molar refractivity (Wildman–Crippen MR) is 78.6 cm³/mol. The highest BCUT2D eigenvalue weighted by atomic mass is 16.6. The van der Waals surface area contributed by atoms with Crippen LogP contribution in [-0.4, -0.2) is 42.9 Å². The minimum Gasteiger partial charge on any atom is -0.386 e. The van der Waals surface area contributed by atoms with Crippen molar-refractivity contribution in [3.05, 3.63) is 39.9 Å². The van der Waals surface area contributed by atoms with E-state index >= 15 is 0 Å². The molecule has 1 fully saturated rings. The molecule has 0 aromatic heterocycles. The molecular weight excluding hydrogens is 290 g/mol. The molecule has 0 bridgehead atoms. The van der Waals surface area contributed by atoms with E-state index in [1.165, 1.54) is 18.3 Å². The molecular formula is C14H17N3O5. The van der Waals surface area contributed by atoms with Gasteiger partial charge in [0.25, 0.3) is 11.6 Å². The largest absolute Gasteiger partial charge is 0.386 e. The fourth-order valence-electron chi connectivity index (χ4n) is 2.00. The molecule has 8 nitrogen and oxygen atoms in total. The van der Waals surface area contributed by atoms with Crippen LogP contribution in [0.3, 0.4) is 0 Å². The van der Waals surface area contributed by atoms with Crippen molar-refractivity contribution in [2.75, 3.05) is 19.8 Å². The van der Waals surface area contributed by atoms with E-state index in [1.54, 1.807) is 12.1 Å². The van der Waals surface area contributed by atoms with E-state index in [-0.39, 0.29) is 24.3 Å². The molecule has 0 spiro atoms. The average molecular weight is 307 g/mol. The Balaban J connectivity index is 1.69. The number of nitrogens with zero attached hydrogens (tertiary/aromatic N) is 2. The first kappa shape index (κ1) is 15.9. The topological polar surface area (TPSA) is 103 Å². The Kier molecular flexibility index (Phi) is 5.84. The Labute approximate surface area is 127 Å². The summed E-state index contributed by atoms with van der Waals surface area (Å²) in [5.41, 5.74) is 0.493. The van der Waals surface area contributed by atoms with E-state index in [9.17, 15) is 14.9 Å². The highest BCUT2D eigenvalue weighted by Crippen LogP contribution is 2.11. The number of carbonyl (C=O) groups excluding carboxylic acids is 1. The van der Waals surface area contributed by atoms with Gasteiger partial charge < -0.3 is 14.9 Å². The van der Waals surface area contributed by atoms with Crippen LogP contribution in [0.1, 0.15) is 18.4 Å². The van der Waals surface area contributed by atoms with Gasteiger partial charge in [0.05, 0.1) is 17.2 Å². The van der Waals surface area contributed by atoms with Crippen LogP contribution in [0.4, 0.5) is 5.69 Å². The van der Waals surface area contributed by atoms with Gasteiger partial charge in [0.15, 0.2) is 6.61 Å². The summed E-state index contributed by atoms with van der Waals surface area (Å²) in [4.78, 5) is 26.5. The van der Waals surface area contributed by atoms with Crippen LogP contribution >= 0.6 is 0 Å². The quantitative estimate of drug-likeness (QED) is 0.464. The zero-order valence-corrected chi connectivity index (χ0v) is 11.9. The lowest BCUT2D eigenvalue weighted by Gasteiger charge is -2.09. The van der Waals surface area contributed by atoms with Gasteiger partial charge in [-0.2, -0.15) is 0 Å². The molecule has 1 aliphatic heterocycles. The van der Waals surface area contributed by atoms with E-state index < -0.39 is 4.92 Å². The third kappa shape index (κ3) is 5.13. The van der Waals surface area contributed by atoms with Gasteiger partial charge in [0.1, 0.15) is 0 Å². The van der Waals surface area contributed by atoms with Gasteiger partial charge in [-0.3, -0.25) is 14.9 Å². The summed E-state index contributed by atoms with van der Waals surface area (Å²) < 4.78 is 5.38. The lowest BCUT2D eigenvalue weighted by Crippen LogP contribution is -2.33. The van der Waals surface area contributed by atoms with Gasteiger partial charge in [-0.05, 0) is 12.8 Å². The molecule has 1 aromatic carbocycles. The highest BCUT2D eigenvalue weighted by molar-refractivity contribution is 5.80. The second-order valence-electron chi connectivity index (χ2n) is 4.80. The van der Waals surface area contributed by atoms with Crippen molar-refractivity contribution in [3.8, 4) is 0 Å². The predicted octanol–water partition coefficient (Wildman–Crippen LogP) is 1.24. The van der Waals surface area contributed by atoms with Gasteiger partial charge in [0.2, 0.25) is 0 Å². The molecule has 1 saturated heterocycles. The van der Waals surface area contributed by atoms with E-state index in [4.69, 9.17) is 9.57 Å². The molecule has 2 rings (SSSR count). The van der Waals surface area contributed by atoms with Crippen LogP contribution in [0.15, 0.2) is 29.4 Å². The Morgan fingerprint density at radius 2 is 2.45 bits per heavy atom. The summed E-state index contributed by atoms with van der Waals surface area (Å²) in [6.07, 6.45) is 3.37. The number of benzene rings is 1. The first-order valence-electron chi connectivity index (χ1n) is 6.93. The number of non-ortho nitro benzene ring substituents is 1. The fourth-order valence-corrected chi connectivity index (χ4v) is 2.00. The number of carbonyl (C=O) groups is 1. The smallest absolute Gasteiger partial charge is 0.270 e. The van der Waals surface area contributed by atoms with Crippen molar-refractivity contribution in [2.24, 2.45) is 5.16 Å². The first-order chi connectivity index (χ1) is 10.6. The summed E-state index contributed by atoms with van der Waals surface area (Å²) in [5.74, 6) is -0.285. The van der Waals surface area contributed by atoms with Crippen LogP contribution in [0.5, 0.6) is 0 Å². The number of nitrogens with one attached hydrogen (secondary N) is 1. The Bertz CT molecular complexity index is 555. The van der Waals surface area contributed by atoms with E-state index in [0.717, 1.165) is 19.4 Å². The van der Waals surface area contributed by atoms with Crippen molar-refractivity contribution in [1.29, 1.82) is 0 Å². The molecule has 1 heterocycles. The van der Waals surface area contributed by atoms with Crippen molar-refractivity contribution in [1.82, 2.24) is 5.32 Å². The van der Waals surface area contributed by atoms with E-state index in [1.807, 2.05) is 0 Å². The van der Waals surface area contributed by atoms with Gasteiger partial charge in [-0.1, -0.05) is 17.3 Å². The normalized spacial score (nSPS) is 17.5. The van der Waals surface area contributed by atoms with Crippen molar-refractivity contribution in [3.63, 3.8) is 0 Å². The SMILES string of the molecule is O=C(CO/N=C\c1cccc([N+](=O)[O-])c1)NC[C@@H]1CCCO1. The van der Waals surface area contributed by atoms with Gasteiger partial charge in [-0.25, -0.2) is 0 Å². The molecule has 0 saturated carbocycles. The number of hydrogen-bond donors (Lipinski definition) is 1. The number of oxime groups is 1. The molecule has 0 radical (unpaired) electrons. The second-order valence-corrected chi connectivity index (χ2v) is 4.80. The van der Waals surface area contributed by atoms with Gasteiger partial charge in [0, 0.05) is 30.8 Å². The third-order valence-electron chi connectivity index (χ3n) is 3.10. The number of amides is 1. The van der Waals surface area contributed by atoms with Crippen molar-refractivity contribution in [2.45, 2.75) is 18.9 Å². The summed E-state index contributed by atoms with van der Waals surface area (Å²) >= 11 is 0. The number of hydrogen-bond acceptors (Lipinski definition) is 6. The van der Waals surface area contributed by atoms with Gasteiger partial charge in [-0.15, -0.1) is 0 Å². The summed E-state index contributed by atoms with van der Waals surface area (Å²) in [5, 5.41) is 16.9. The first-order valence-corrected chi connectivity index (χ1v) is 6.93. The average Bonchev–Trinajstić information content (AvgIpc) is 3.03. The number of nitro groups is 1. The Morgan fingerprint density at radius 3 is 3.18 bits per heavy atom. The molecule has 1 aliphatic rings. The molecule has 22 heavy (non-hydrogen) atoms. The van der Waals surface area contributed by atoms with Crippen LogP contribution in [-0.2, 0) is 14.4 Å². The molecule has 0 aliphatic carbocycles. The second kappa shape index (κ2) is 8.08. The summed E-state index contributed by atoms with van der Waals surface area (Å²) in [6, 6.07) is 5.95. The monoisotopic (exact) mass is 307 g/mol. The minimum absolute atomic E-state index is 0.0294. The van der Waals surface area contributed by atoms with Crippen LogP contribution in [0.25, 0.3) is 0 Å². The number of nitro benzene ring substituents is 1. The lowest BCUT2D eigenvalue weighted by molar-refractivity contribution is -0.384. The molecule has 118 valence electrons. The Hall–Kier alpha value is -2.48.